The Morgan fingerprint density at radius 3 is 2.50 bits per heavy atom. The van der Waals surface area contributed by atoms with E-state index in [1.807, 2.05) is 0 Å². The highest BCUT2D eigenvalue weighted by atomic mass is 32.1. The summed E-state index contributed by atoms with van der Waals surface area (Å²) in [6, 6.07) is 0. The number of likely N-dealkylation sites (tertiary alicyclic amines) is 1. The minimum absolute atomic E-state index is 0.640. The Bertz CT molecular complexity index is 612. The van der Waals surface area contributed by atoms with E-state index in [-0.39, 0.29) is 0 Å². The number of hydrogen-bond donors (Lipinski definition) is 1. The molecule has 1 saturated heterocycles. The molecule has 3 heterocycles. The molecule has 3 rings (SSSR count). The molecule has 0 spiro atoms. The number of nitrogens with zero attached hydrogens (tertiary/aromatic N) is 3. The second-order valence-corrected chi connectivity index (χ2v) is 6.88. The van der Waals surface area contributed by atoms with Crippen LogP contribution >= 0.6 is 11.3 Å². The molecule has 2 N–H and O–H groups in total. The zero-order chi connectivity index (χ0) is 14.1. The van der Waals surface area contributed by atoms with Crippen LogP contribution in [0.4, 0.5) is 5.82 Å². The van der Waals surface area contributed by atoms with Crippen molar-refractivity contribution < 1.29 is 0 Å². The standard InChI is InChI=1S/C15H22N4S/c1-10-11(2)20-15-13(10)14(16)17-12(18-15)9-19-7-5-3-4-6-8-19/h3-9H2,1-2H3,(H2,16,17,18). The number of fused-ring (bicyclic) bond motifs is 1. The highest BCUT2D eigenvalue weighted by molar-refractivity contribution is 7.18. The van der Waals surface area contributed by atoms with Crippen LogP contribution in [-0.2, 0) is 6.54 Å². The Labute approximate surface area is 124 Å². The van der Waals surface area contributed by atoms with Gasteiger partial charge in [0, 0.05) is 4.88 Å². The van der Waals surface area contributed by atoms with Crippen LogP contribution in [0.2, 0.25) is 0 Å². The Morgan fingerprint density at radius 2 is 1.80 bits per heavy atom. The van der Waals surface area contributed by atoms with Crippen LogP contribution in [0.5, 0.6) is 0 Å². The molecule has 4 nitrogen and oxygen atoms in total. The molecule has 0 unspecified atom stereocenters. The summed E-state index contributed by atoms with van der Waals surface area (Å²) in [7, 11) is 0. The van der Waals surface area contributed by atoms with Gasteiger partial charge in [-0.1, -0.05) is 12.8 Å². The molecule has 1 fully saturated rings. The fourth-order valence-electron chi connectivity index (χ4n) is 2.89. The number of aryl methyl sites for hydroxylation is 2. The van der Waals surface area contributed by atoms with E-state index in [4.69, 9.17) is 10.7 Å². The van der Waals surface area contributed by atoms with E-state index in [9.17, 15) is 0 Å². The molecule has 0 bridgehead atoms. The summed E-state index contributed by atoms with van der Waals surface area (Å²) in [6.45, 7) is 7.36. The molecule has 2 aromatic heterocycles. The first kappa shape index (κ1) is 13.8. The summed E-state index contributed by atoms with van der Waals surface area (Å²) < 4.78 is 0. The normalized spacial score (nSPS) is 17.5. The molecule has 1 aliphatic heterocycles. The lowest BCUT2D eigenvalue weighted by atomic mass is 10.2. The van der Waals surface area contributed by atoms with Crippen LogP contribution in [0.1, 0.15) is 41.9 Å². The van der Waals surface area contributed by atoms with Gasteiger partial charge in [0.2, 0.25) is 0 Å². The number of anilines is 1. The molecule has 0 aliphatic carbocycles. The van der Waals surface area contributed by atoms with E-state index in [0.717, 1.165) is 35.7 Å². The third kappa shape index (κ3) is 2.65. The van der Waals surface area contributed by atoms with Crippen molar-refractivity contribution in [1.82, 2.24) is 14.9 Å². The van der Waals surface area contributed by atoms with E-state index in [2.05, 4.69) is 23.7 Å². The largest absolute Gasteiger partial charge is 0.383 e. The summed E-state index contributed by atoms with van der Waals surface area (Å²) in [5, 5.41) is 1.05. The van der Waals surface area contributed by atoms with E-state index in [0.29, 0.717) is 5.82 Å². The van der Waals surface area contributed by atoms with E-state index < -0.39 is 0 Å². The van der Waals surface area contributed by atoms with Crippen LogP contribution in [-0.4, -0.2) is 28.0 Å². The van der Waals surface area contributed by atoms with Gasteiger partial charge in [0.25, 0.3) is 0 Å². The average Bonchev–Trinajstić information content (AvgIpc) is 2.59. The second kappa shape index (κ2) is 5.66. The van der Waals surface area contributed by atoms with Gasteiger partial charge in [-0.15, -0.1) is 11.3 Å². The first-order valence-electron chi connectivity index (χ1n) is 7.39. The van der Waals surface area contributed by atoms with Gasteiger partial charge in [0.1, 0.15) is 16.5 Å². The lowest BCUT2D eigenvalue weighted by Gasteiger charge is -2.18. The number of rotatable bonds is 2. The van der Waals surface area contributed by atoms with Crippen LogP contribution in [0.25, 0.3) is 10.2 Å². The van der Waals surface area contributed by atoms with Crippen molar-refractivity contribution in [1.29, 1.82) is 0 Å². The number of hydrogen-bond acceptors (Lipinski definition) is 5. The van der Waals surface area contributed by atoms with Crippen molar-refractivity contribution in [3.05, 3.63) is 16.3 Å². The van der Waals surface area contributed by atoms with E-state index >= 15 is 0 Å². The maximum atomic E-state index is 6.14. The maximum absolute atomic E-state index is 6.14. The predicted octanol–water partition coefficient (Wildman–Crippen LogP) is 3.27. The van der Waals surface area contributed by atoms with Gasteiger partial charge < -0.3 is 5.73 Å². The van der Waals surface area contributed by atoms with Crippen LogP contribution in [0.3, 0.4) is 0 Å². The van der Waals surface area contributed by atoms with Crippen molar-refractivity contribution in [3.63, 3.8) is 0 Å². The van der Waals surface area contributed by atoms with Crippen LogP contribution in [0.15, 0.2) is 0 Å². The Morgan fingerprint density at radius 1 is 1.10 bits per heavy atom. The van der Waals surface area contributed by atoms with Crippen LogP contribution < -0.4 is 5.73 Å². The molecule has 0 aromatic carbocycles. The molecule has 0 radical (unpaired) electrons. The Kier molecular flexibility index (Phi) is 3.89. The monoisotopic (exact) mass is 290 g/mol. The highest BCUT2D eigenvalue weighted by Crippen LogP contribution is 2.32. The smallest absolute Gasteiger partial charge is 0.146 e. The summed E-state index contributed by atoms with van der Waals surface area (Å²) in [6.07, 6.45) is 5.27. The lowest BCUT2D eigenvalue weighted by molar-refractivity contribution is 0.270. The van der Waals surface area contributed by atoms with E-state index in [1.54, 1.807) is 11.3 Å². The molecule has 108 valence electrons. The molecule has 5 heteroatoms. The topological polar surface area (TPSA) is 55.0 Å². The first-order valence-corrected chi connectivity index (χ1v) is 8.21. The fraction of sp³-hybridized carbons (Fsp3) is 0.600. The van der Waals surface area contributed by atoms with Gasteiger partial charge in [-0.3, -0.25) is 4.90 Å². The van der Waals surface area contributed by atoms with Gasteiger partial charge in [-0.05, 0) is 45.3 Å². The number of nitrogens with two attached hydrogens (primary N) is 1. The fourth-order valence-corrected chi connectivity index (χ4v) is 3.95. The first-order chi connectivity index (χ1) is 9.65. The molecule has 2 aromatic rings. The van der Waals surface area contributed by atoms with Gasteiger partial charge in [0.15, 0.2) is 0 Å². The highest BCUT2D eigenvalue weighted by Gasteiger charge is 2.15. The van der Waals surface area contributed by atoms with Crippen molar-refractivity contribution in [2.75, 3.05) is 18.8 Å². The SMILES string of the molecule is Cc1sc2nc(CN3CCCCCC3)nc(N)c2c1C. The van der Waals surface area contributed by atoms with Crippen molar-refractivity contribution in [2.24, 2.45) is 0 Å². The zero-order valence-corrected chi connectivity index (χ0v) is 13.1. The average molecular weight is 290 g/mol. The number of aromatic nitrogens is 2. The van der Waals surface area contributed by atoms with Gasteiger partial charge in [0.05, 0.1) is 11.9 Å². The minimum atomic E-state index is 0.640. The van der Waals surface area contributed by atoms with Crippen molar-refractivity contribution >= 4 is 27.4 Å². The quantitative estimate of drug-likeness (QED) is 0.922. The summed E-state index contributed by atoms with van der Waals surface area (Å²) >= 11 is 1.72. The third-order valence-corrected chi connectivity index (χ3v) is 5.27. The molecule has 20 heavy (non-hydrogen) atoms. The Hall–Kier alpha value is -1.20. The van der Waals surface area contributed by atoms with E-state index in [1.165, 1.54) is 36.1 Å². The Balaban J connectivity index is 1.88. The van der Waals surface area contributed by atoms with Crippen molar-refractivity contribution in [2.45, 2.75) is 46.1 Å². The van der Waals surface area contributed by atoms with Gasteiger partial charge in [-0.2, -0.15) is 0 Å². The molecule has 0 saturated carbocycles. The molecule has 0 amide bonds. The molecular formula is C15H22N4S. The lowest BCUT2D eigenvalue weighted by Crippen LogP contribution is -2.25. The van der Waals surface area contributed by atoms with Gasteiger partial charge in [-0.25, -0.2) is 9.97 Å². The zero-order valence-electron chi connectivity index (χ0n) is 12.3. The molecule has 1 aliphatic rings. The summed E-state index contributed by atoms with van der Waals surface area (Å²) in [5.74, 6) is 1.51. The van der Waals surface area contributed by atoms with Gasteiger partial charge >= 0.3 is 0 Å². The number of nitrogen functional groups attached to an aromatic ring is 1. The third-order valence-electron chi connectivity index (χ3n) is 4.17. The number of thiophene rings is 1. The van der Waals surface area contributed by atoms with Crippen molar-refractivity contribution in [3.8, 4) is 0 Å². The predicted molar refractivity (Wildman–Crippen MR) is 85.0 cm³/mol. The minimum Gasteiger partial charge on any atom is -0.383 e. The summed E-state index contributed by atoms with van der Waals surface area (Å²) in [4.78, 5) is 14.0. The second-order valence-electron chi connectivity index (χ2n) is 5.68. The van der Waals surface area contributed by atoms with Crippen LogP contribution in [0, 0.1) is 13.8 Å². The summed E-state index contributed by atoms with van der Waals surface area (Å²) in [5.41, 5.74) is 7.37. The maximum Gasteiger partial charge on any atom is 0.146 e. The molecule has 0 atom stereocenters. The molecular weight excluding hydrogens is 268 g/mol.